The second kappa shape index (κ2) is 9.93. The van der Waals surface area contributed by atoms with Crippen LogP contribution >= 0.6 is 11.3 Å². The number of carbonyl (C=O) groups is 1. The Morgan fingerprint density at radius 2 is 1.54 bits per heavy atom. The van der Waals surface area contributed by atoms with E-state index >= 15 is 0 Å². The third-order valence-corrected chi connectivity index (χ3v) is 5.50. The van der Waals surface area contributed by atoms with E-state index in [1.807, 2.05) is 12.1 Å². The van der Waals surface area contributed by atoms with Crippen molar-refractivity contribution in [1.82, 2.24) is 5.32 Å². The van der Waals surface area contributed by atoms with Crippen molar-refractivity contribution in [3.8, 4) is 0 Å². The summed E-state index contributed by atoms with van der Waals surface area (Å²) in [5.41, 5.74) is 2.59. The zero-order chi connectivity index (χ0) is 18.0. The Kier molecular flexibility index (Phi) is 7.03. The molecular formula is C23H25NOS. The monoisotopic (exact) mass is 363 g/mol. The lowest BCUT2D eigenvalue weighted by Gasteiger charge is -2.18. The predicted octanol–water partition coefficient (Wildman–Crippen LogP) is 5.41. The van der Waals surface area contributed by atoms with E-state index in [9.17, 15) is 4.79 Å². The van der Waals surface area contributed by atoms with E-state index in [-0.39, 0.29) is 5.91 Å². The average Bonchev–Trinajstić information content (AvgIpc) is 3.20. The maximum Gasteiger partial charge on any atom is 0.220 e. The Morgan fingerprint density at radius 3 is 2.12 bits per heavy atom. The standard InChI is InChI=1S/C23H25NOS/c25-23(15-7-13-21-14-8-18-26-21)24-17-16-22(19-9-3-1-4-10-19)20-11-5-2-6-12-20/h1-6,8-12,14,18,22H,7,13,15-17H2,(H,24,25). The zero-order valence-corrected chi connectivity index (χ0v) is 15.8. The SMILES string of the molecule is O=C(CCCc1cccs1)NCCC(c1ccccc1)c1ccccc1. The van der Waals surface area contributed by atoms with Gasteiger partial charge in [0.25, 0.3) is 0 Å². The van der Waals surface area contributed by atoms with Gasteiger partial charge < -0.3 is 5.32 Å². The fourth-order valence-electron chi connectivity index (χ4n) is 3.22. The van der Waals surface area contributed by atoms with Gasteiger partial charge in [0.05, 0.1) is 0 Å². The maximum absolute atomic E-state index is 12.1. The number of amides is 1. The molecule has 0 bridgehead atoms. The molecule has 0 spiro atoms. The summed E-state index contributed by atoms with van der Waals surface area (Å²) in [5.74, 6) is 0.463. The molecule has 0 unspecified atom stereocenters. The van der Waals surface area contributed by atoms with Crippen LogP contribution in [0.15, 0.2) is 78.2 Å². The molecule has 0 aliphatic rings. The summed E-state index contributed by atoms with van der Waals surface area (Å²) >= 11 is 1.76. The van der Waals surface area contributed by atoms with Gasteiger partial charge in [-0.05, 0) is 41.8 Å². The van der Waals surface area contributed by atoms with Crippen molar-refractivity contribution >= 4 is 17.2 Å². The molecule has 3 aromatic rings. The van der Waals surface area contributed by atoms with Crippen LogP contribution in [-0.2, 0) is 11.2 Å². The van der Waals surface area contributed by atoms with Crippen molar-refractivity contribution < 1.29 is 4.79 Å². The highest BCUT2D eigenvalue weighted by molar-refractivity contribution is 7.09. The largest absolute Gasteiger partial charge is 0.356 e. The summed E-state index contributed by atoms with van der Waals surface area (Å²) in [6.45, 7) is 0.701. The van der Waals surface area contributed by atoms with Crippen molar-refractivity contribution in [2.75, 3.05) is 6.54 Å². The van der Waals surface area contributed by atoms with Gasteiger partial charge in [-0.3, -0.25) is 4.79 Å². The maximum atomic E-state index is 12.1. The molecule has 3 rings (SSSR count). The van der Waals surface area contributed by atoms with Crippen LogP contribution in [0.5, 0.6) is 0 Å². The van der Waals surface area contributed by atoms with Crippen LogP contribution in [0.25, 0.3) is 0 Å². The first-order valence-electron chi connectivity index (χ1n) is 9.22. The fraction of sp³-hybridized carbons (Fsp3) is 0.261. The Balaban J connectivity index is 1.49. The molecular weight excluding hydrogens is 338 g/mol. The van der Waals surface area contributed by atoms with Crippen LogP contribution in [0.3, 0.4) is 0 Å². The molecule has 0 aliphatic carbocycles. The number of nitrogens with one attached hydrogen (secondary N) is 1. The number of aryl methyl sites for hydroxylation is 1. The van der Waals surface area contributed by atoms with Crippen molar-refractivity contribution in [2.24, 2.45) is 0 Å². The van der Waals surface area contributed by atoms with Gasteiger partial charge in [-0.25, -0.2) is 0 Å². The summed E-state index contributed by atoms with van der Waals surface area (Å²) in [5, 5.41) is 5.18. The highest BCUT2D eigenvalue weighted by Crippen LogP contribution is 2.27. The molecule has 1 heterocycles. The van der Waals surface area contributed by atoms with Gasteiger partial charge in [0, 0.05) is 23.8 Å². The van der Waals surface area contributed by atoms with Crippen molar-refractivity contribution in [3.05, 3.63) is 94.2 Å². The molecule has 3 heteroatoms. The average molecular weight is 364 g/mol. The molecule has 1 amide bonds. The van der Waals surface area contributed by atoms with E-state index in [2.05, 4.69) is 71.4 Å². The number of benzene rings is 2. The Bertz CT molecular complexity index is 729. The summed E-state index contributed by atoms with van der Waals surface area (Å²) < 4.78 is 0. The molecule has 0 atom stereocenters. The quantitative estimate of drug-likeness (QED) is 0.541. The number of carbonyl (C=O) groups excluding carboxylic acids is 1. The van der Waals surface area contributed by atoms with E-state index in [0.29, 0.717) is 18.9 Å². The van der Waals surface area contributed by atoms with Crippen molar-refractivity contribution in [2.45, 2.75) is 31.6 Å². The van der Waals surface area contributed by atoms with Crippen LogP contribution in [-0.4, -0.2) is 12.5 Å². The minimum atomic E-state index is 0.154. The van der Waals surface area contributed by atoms with E-state index in [0.717, 1.165) is 19.3 Å². The fourth-order valence-corrected chi connectivity index (χ4v) is 3.97. The molecule has 1 aromatic heterocycles. The normalized spacial score (nSPS) is 10.8. The molecule has 0 saturated heterocycles. The second-order valence-electron chi connectivity index (χ2n) is 6.45. The van der Waals surface area contributed by atoms with E-state index in [1.165, 1.54) is 16.0 Å². The van der Waals surface area contributed by atoms with E-state index < -0.39 is 0 Å². The molecule has 0 saturated carbocycles. The molecule has 0 aliphatic heterocycles. The van der Waals surface area contributed by atoms with Crippen LogP contribution < -0.4 is 5.32 Å². The summed E-state index contributed by atoms with van der Waals surface area (Å²) in [6, 6.07) is 25.3. The topological polar surface area (TPSA) is 29.1 Å². The lowest BCUT2D eigenvalue weighted by atomic mass is 9.88. The van der Waals surface area contributed by atoms with Gasteiger partial charge in [0.1, 0.15) is 0 Å². The first-order valence-corrected chi connectivity index (χ1v) is 10.1. The van der Waals surface area contributed by atoms with Crippen LogP contribution in [0.4, 0.5) is 0 Å². The lowest BCUT2D eigenvalue weighted by Crippen LogP contribution is -2.25. The number of hydrogen-bond donors (Lipinski definition) is 1. The Labute approximate surface area is 159 Å². The molecule has 0 fully saturated rings. The second-order valence-corrected chi connectivity index (χ2v) is 7.48. The van der Waals surface area contributed by atoms with Gasteiger partial charge in [-0.15, -0.1) is 11.3 Å². The smallest absolute Gasteiger partial charge is 0.220 e. The van der Waals surface area contributed by atoms with Gasteiger partial charge in [-0.2, -0.15) is 0 Å². The highest BCUT2D eigenvalue weighted by Gasteiger charge is 2.14. The first kappa shape index (κ1) is 18.4. The minimum Gasteiger partial charge on any atom is -0.356 e. The number of thiophene rings is 1. The molecule has 26 heavy (non-hydrogen) atoms. The Hall–Kier alpha value is -2.39. The molecule has 134 valence electrons. The highest BCUT2D eigenvalue weighted by atomic mass is 32.1. The summed E-state index contributed by atoms with van der Waals surface area (Å²) in [7, 11) is 0. The van der Waals surface area contributed by atoms with E-state index in [4.69, 9.17) is 0 Å². The van der Waals surface area contributed by atoms with Crippen molar-refractivity contribution in [1.29, 1.82) is 0 Å². The van der Waals surface area contributed by atoms with Gasteiger partial charge in [-0.1, -0.05) is 66.7 Å². The summed E-state index contributed by atoms with van der Waals surface area (Å²) in [4.78, 5) is 13.5. The molecule has 1 N–H and O–H groups in total. The number of rotatable bonds is 9. The minimum absolute atomic E-state index is 0.154. The molecule has 2 nitrogen and oxygen atoms in total. The van der Waals surface area contributed by atoms with Gasteiger partial charge in [0.15, 0.2) is 0 Å². The first-order chi connectivity index (χ1) is 12.8. The van der Waals surface area contributed by atoms with Gasteiger partial charge >= 0.3 is 0 Å². The number of hydrogen-bond acceptors (Lipinski definition) is 2. The summed E-state index contributed by atoms with van der Waals surface area (Å²) in [6.07, 6.45) is 3.40. The van der Waals surface area contributed by atoms with Crippen molar-refractivity contribution in [3.63, 3.8) is 0 Å². The van der Waals surface area contributed by atoms with Gasteiger partial charge in [0.2, 0.25) is 5.91 Å². The Morgan fingerprint density at radius 1 is 0.885 bits per heavy atom. The van der Waals surface area contributed by atoms with E-state index in [1.54, 1.807) is 11.3 Å². The third kappa shape index (κ3) is 5.57. The third-order valence-electron chi connectivity index (χ3n) is 4.57. The predicted molar refractivity (Wildman–Crippen MR) is 110 cm³/mol. The van der Waals surface area contributed by atoms with Crippen LogP contribution in [0, 0.1) is 0 Å². The van der Waals surface area contributed by atoms with Crippen LogP contribution in [0.1, 0.15) is 41.2 Å². The zero-order valence-electron chi connectivity index (χ0n) is 14.9. The molecule has 2 aromatic carbocycles. The molecule has 0 radical (unpaired) electrons. The lowest BCUT2D eigenvalue weighted by molar-refractivity contribution is -0.121. The van der Waals surface area contributed by atoms with Crippen LogP contribution in [0.2, 0.25) is 0 Å².